The molecule has 1 saturated carbocycles. The summed E-state index contributed by atoms with van der Waals surface area (Å²) in [6, 6.07) is -0.467. The van der Waals surface area contributed by atoms with Gasteiger partial charge in [0.05, 0.1) is 0 Å². The molecule has 1 spiro atoms. The molecule has 140 valence electrons. The number of rotatable bonds is 6. The van der Waals surface area contributed by atoms with Crippen molar-refractivity contribution in [2.75, 3.05) is 13.1 Å². The van der Waals surface area contributed by atoms with Gasteiger partial charge in [0.15, 0.2) is 0 Å². The highest BCUT2D eigenvalue weighted by Crippen LogP contribution is 2.45. The number of halogens is 1. The molecule has 0 atom stereocenters. The lowest BCUT2D eigenvalue weighted by atomic mass is 9.65. The summed E-state index contributed by atoms with van der Waals surface area (Å²) in [5, 5.41) is 5.48. The molecule has 0 aromatic rings. The van der Waals surface area contributed by atoms with Crippen molar-refractivity contribution >= 4 is 33.8 Å². The summed E-state index contributed by atoms with van der Waals surface area (Å²) >= 11 is 3.16. The van der Waals surface area contributed by atoms with E-state index in [1.807, 2.05) is 0 Å². The van der Waals surface area contributed by atoms with Crippen LogP contribution in [0.15, 0.2) is 11.1 Å². The van der Waals surface area contributed by atoms with Gasteiger partial charge in [0.25, 0.3) is 5.91 Å². The number of carbonyl (C=O) groups excluding carboxylic acids is 3. The molecule has 2 aliphatic rings. The molecule has 1 aliphatic heterocycles. The topological polar surface area (TPSA) is 78.5 Å². The quantitative estimate of drug-likeness (QED) is 0.656. The molecule has 0 bridgehead atoms. The van der Waals surface area contributed by atoms with Gasteiger partial charge in [-0.15, -0.1) is 0 Å². The molecule has 1 aliphatic carbocycles. The number of nitrogens with one attached hydrogen (secondary N) is 2. The fourth-order valence-corrected chi connectivity index (χ4v) is 3.87. The second kappa shape index (κ2) is 7.48. The van der Waals surface area contributed by atoms with Crippen molar-refractivity contribution in [3.8, 4) is 0 Å². The standard InChI is InChI=1S/C18H28BrN3O3/c1-5-17(3,4)13-6-8-18(9-7-13)15(24)22(16(25)21-18)11-14(23)20-10-12(2)19/h13H,2,5-11H2,1,3-4H3,(H,20,23)(H,21,25). The molecule has 4 amide bonds. The minimum atomic E-state index is -0.823. The molecule has 2 rings (SSSR count). The Labute approximate surface area is 157 Å². The zero-order chi connectivity index (χ0) is 18.8. The van der Waals surface area contributed by atoms with Crippen LogP contribution in [0.1, 0.15) is 52.9 Å². The fourth-order valence-electron chi connectivity index (χ4n) is 3.73. The highest BCUT2D eigenvalue weighted by atomic mass is 79.9. The fraction of sp³-hybridized carbons (Fsp3) is 0.722. The summed E-state index contributed by atoms with van der Waals surface area (Å²) in [5.41, 5.74) is -0.582. The highest BCUT2D eigenvalue weighted by Gasteiger charge is 2.53. The summed E-state index contributed by atoms with van der Waals surface area (Å²) < 4.78 is 0.631. The van der Waals surface area contributed by atoms with Gasteiger partial charge >= 0.3 is 6.03 Å². The number of amides is 4. The van der Waals surface area contributed by atoms with Gasteiger partial charge in [0.1, 0.15) is 12.1 Å². The first-order valence-corrected chi connectivity index (χ1v) is 9.64. The minimum Gasteiger partial charge on any atom is -0.350 e. The van der Waals surface area contributed by atoms with Crippen LogP contribution >= 0.6 is 15.9 Å². The van der Waals surface area contributed by atoms with Crippen molar-refractivity contribution in [1.82, 2.24) is 15.5 Å². The third-order valence-corrected chi connectivity index (χ3v) is 6.16. The Morgan fingerprint density at radius 3 is 2.52 bits per heavy atom. The predicted molar refractivity (Wildman–Crippen MR) is 100 cm³/mol. The first kappa shape index (κ1) is 19.9. The zero-order valence-corrected chi connectivity index (χ0v) is 16.9. The van der Waals surface area contributed by atoms with Gasteiger partial charge in [0.2, 0.25) is 5.91 Å². The molecule has 0 aromatic heterocycles. The second-order valence-corrected chi connectivity index (χ2v) is 8.94. The maximum absolute atomic E-state index is 12.8. The highest BCUT2D eigenvalue weighted by molar-refractivity contribution is 9.11. The van der Waals surface area contributed by atoms with Crippen LogP contribution in [-0.2, 0) is 9.59 Å². The summed E-state index contributed by atoms with van der Waals surface area (Å²) in [6.45, 7) is 10.4. The summed E-state index contributed by atoms with van der Waals surface area (Å²) in [4.78, 5) is 38.1. The number of carbonyl (C=O) groups is 3. The van der Waals surface area contributed by atoms with Gasteiger partial charge < -0.3 is 10.6 Å². The largest absolute Gasteiger partial charge is 0.350 e. The van der Waals surface area contributed by atoms with E-state index in [4.69, 9.17) is 0 Å². The maximum Gasteiger partial charge on any atom is 0.325 e. The Kier molecular flexibility index (Phi) is 5.97. The Morgan fingerprint density at radius 2 is 2.00 bits per heavy atom. The number of nitrogens with zero attached hydrogens (tertiary/aromatic N) is 1. The smallest absolute Gasteiger partial charge is 0.325 e. The molecule has 6 nitrogen and oxygen atoms in total. The van der Waals surface area contributed by atoms with Crippen molar-refractivity contribution in [2.45, 2.75) is 58.4 Å². The van der Waals surface area contributed by atoms with Gasteiger partial charge in [0, 0.05) is 11.0 Å². The van der Waals surface area contributed by atoms with E-state index in [1.54, 1.807) is 0 Å². The van der Waals surface area contributed by atoms with E-state index in [-0.39, 0.29) is 30.3 Å². The van der Waals surface area contributed by atoms with Crippen LogP contribution in [0.25, 0.3) is 0 Å². The average Bonchev–Trinajstić information content (AvgIpc) is 2.77. The summed E-state index contributed by atoms with van der Waals surface area (Å²) in [6.07, 6.45) is 4.20. The molecule has 7 heteroatoms. The number of hydrogen-bond acceptors (Lipinski definition) is 3. The zero-order valence-electron chi connectivity index (χ0n) is 15.3. The van der Waals surface area contributed by atoms with Gasteiger partial charge in [-0.25, -0.2) is 4.79 Å². The first-order valence-electron chi connectivity index (χ1n) is 8.85. The molecular formula is C18H28BrN3O3. The monoisotopic (exact) mass is 413 g/mol. The normalized spacial score (nSPS) is 26.7. The first-order chi connectivity index (χ1) is 11.6. The number of urea groups is 1. The Morgan fingerprint density at radius 1 is 1.40 bits per heavy atom. The van der Waals surface area contributed by atoms with E-state index in [0.29, 0.717) is 23.2 Å². The van der Waals surface area contributed by atoms with Gasteiger partial charge in [-0.1, -0.05) is 49.7 Å². The third kappa shape index (κ3) is 4.25. The van der Waals surface area contributed by atoms with Gasteiger partial charge in [-0.05, 0) is 37.0 Å². The van der Waals surface area contributed by atoms with Crippen LogP contribution in [0.5, 0.6) is 0 Å². The Balaban J connectivity index is 1.99. The molecule has 0 aromatic carbocycles. The van der Waals surface area contributed by atoms with Crippen LogP contribution in [0.2, 0.25) is 0 Å². The summed E-state index contributed by atoms with van der Waals surface area (Å²) in [7, 11) is 0. The van der Waals surface area contributed by atoms with E-state index < -0.39 is 11.6 Å². The minimum absolute atomic E-state index is 0.241. The van der Waals surface area contributed by atoms with Crippen molar-refractivity contribution in [3.05, 3.63) is 11.1 Å². The van der Waals surface area contributed by atoms with Crippen molar-refractivity contribution in [3.63, 3.8) is 0 Å². The lowest BCUT2D eigenvalue weighted by Gasteiger charge is -2.42. The van der Waals surface area contributed by atoms with Crippen LogP contribution < -0.4 is 10.6 Å². The van der Waals surface area contributed by atoms with Crippen molar-refractivity contribution in [2.24, 2.45) is 11.3 Å². The second-order valence-electron chi connectivity index (χ2n) is 7.81. The van der Waals surface area contributed by atoms with Crippen LogP contribution in [0.3, 0.4) is 0 Å². The van der Waals surface area contributed by atoms with Gasteiger partial charge in [-0.2, -0.15) is 0 Å². The number of imide groups is 1. The molecule has 2 N–H and O–H groups in total. The lowest BCUT2D eigenvalue weighted by molar-refractivity contribution is -0.136. The SMILES string of the molecule is C=C(Br)CNC(=O)CN1C(=O)NC2(CCC(C(C)(C)CC)CC2)C1=O. The molecule has 0 unspecified atom stereocenters. The van der Waals surface area contributed by atoms with Crippen molar-refractivity contribution in [1.29, 1.82) is 0 Å². The Hall–Kier alpha value is -1.37. The average molecular weight is 414 g/mol. The molecule has 1 saturated heterocycles. The third-order valence-electron chi connectivity index (χ3n) is 5.88. The maximum atomic E-state index is 12.8. The van der Waals surface area contributed by atoms with E-state index >= 15 is 0 Å². The predicted octanol–water partition coefficient (Wildman–Crippen LogP) is 2.93. The van der Waals surface area contributed by atoms with Crippen LogP contribution in [0.4, 0.5) is 4.79 Å². The van der Waals surface area contributed by atoms with E-state index in [0.717, 1.165) is 24.2 Å². The van der Waals surface area contributed by atoms with E-state index in [2.05, 4.69) is 53.9 Å². The number of hydrogen-bond donors (Lipinski definition) is 2. The molecule has 2 fully saturated rings. The van der Waals surface area contributed by atoms with Crippen molar-refractivity contribution < 1.29 is 14.4 Å². The summed E-state index contributed by atoms with van der Waals surface area (Å²) in [5.74, 6) is -0.0878. The Bertz CT molecular complexity index is 580. The van der Waals surface area contributed by atoms with Crippen LogP contribution in [0, 0.1) is 11.3 Å². The van der Waals surface area contributed by atoms with E-state index in [9.17, 15) is 14.4 Å². The molecular weight excluding hydrogens is 386 g/mol. The van der Waals surface area contributed by atoms with Gasteiger partial charge in [-0.3, -0.25) is 14.5 Å². The van der Waals surface area contributed by atoms with Crippen LogP contribution in [-0.4, -0.2) is 41.4 Å². The molecule has 0 radical (unpaired) electrons. The van der Waals surface area contributed by atoms with E-state index in [1.165, 1.54) is 0 Å². The molecule has 1 heterocycles. The molecule has 25 heavy (non-hydrogen) atoms. The lowest BCUT2D eigenvalue weighted by Crippen LogP contribution is -2.51.